The molecule has 2 N–H and O–H groups in total. The second-order valence-corrected chi connectivity index (χ2v) is 4.90. The molecule has 0 saturated heterocycles. The SMILES string of the molecule is CC(O)Cc1cc2cc(O)ccc2n1C(C)C. The standard InChI is InChI=1S/C14H19NO2/c1-9(2)15-12(6-10(3)16)7-11-8-13(17)4-5-14(11)15/h4-5,7-10,16-17H,6H2,1-3H3. The minimum Gasteiger partial charge on any atom is -0.508 e. The number of hydrogen-bond acceptors (Lipinski definition) is 2. The summed E-state index contributed by atoms with van der Waals surface area (Å²) in [6, 6.07) is 7.77. The van der Waals surface area contributed by atoms with Gasteiger partial charge in [0.25, 0.3) is 0 Å². The van der Waals surface area contributed by atoms with Gasteiger partial charge < -0.3 is 14.8 Å². The van der Waals surface area contributed by atoms with E-state index in [4.69, 9.17) is 0 Å². The van der Waals surface area contributed by atoms with Crippen molar-refractivity contribution in [2.75, 3.05) is 0 Å². The molecule has 0 bridgehead atoms. The predicted octanol–water partition coefficient (Wildman–Crippen LogP) is 2.85. The maximum Gasteiger partial charge on any atom is 0.116 e. The van der Waals surface area contributed by atoms with Crippen molar-refractivity contribution < 1.29 is 10.2 Å². The number of benzene rings is 1. The van der Waals surface area contributed by atoms with Gasteiger partial charge in [-0.3, -0.25) is 0 Å². The number of phenols is 1. The van der Waals surface area contributed by atoms with Crippen LogP contribution in [-0.2, 0) is 6.42 Å². The number of aliphatic hydroxyl groups is 1. The van der Waals surface area contributed by atoms with Crippen molar-refractivity contribution in [1.29, 1.82) is 0 Å². The molecule has 0 radical (unpaired) electrons. The van der Waals surface area contributed by atoms with Gasteiger partial charge in [-0.1, -0.05) is 0 Å². The molecule has 1 atom stereocenters. The molecule has 92 valence electrons. The summed E-state index contributed by atoms with van der Waals surface area (Å²) in [6.07, 6.45) is 0.276. The van der Waals surface area contributed by atoms with Gasteiger partial charge >= 0.3 is 0 Å². The molecule has 3 heteroatoms. The van der Waals surface area contributed by atoms with Crippen LogP contribution in [0.5, 0.6) is 5.75 Å². The maximum atomic E-state index is 9.53. The molecular weight excluding hydrogens is 214 g/mol. The fourth-order valence-electron chi connectivity index (χ4n) is 2.35. The summed E-state index contributed by atoms with van der Waals surface area (Å²) in [7, 11) is 0. The molecule has 0 fully saturated rings. The number of fused-ring (bicyclic) bond motifs is 1. The van der Waals surface area contributed by atoms with Crippen molar-refractivity contribution in [2.24, 2.45) is 0 Å². The van der Waals surface area contributed by atoms with Crippen molar-refractivity contribution in [2.45, 2.75) is 39.3 Å². The van der Waals surface area contributed by atoms with Crippen LogP contribution in [0.2, 0.25) is 0 Å². The highest BCUT2D eigenvalue weighted by Crippen LogP contribution is 2.27. The van der Waals surface area contributed by atoms with Crippen molar-refractivity contribution >= 4 is 10.9 Å². The largest absolute Gasteiger partial charge is 0.508 e. The topological polar surface area (TPSA) is 45.4 Å². The fraction of sp³-hybridized carbons (Fsp3) is 0.429. The normalized spacial score (nSPS) is 13.5. The highest BCUT2D eigenvalue weighted by Gasteiger charge is 2.13. The zero-order valence-electron chi connectivity index (χ0n) is 10.5. The number of phenolic OH excluding ortho intramolecular Hbond substituents is 1. The van der Waals surface area contributed by atoms with Crippen LogP contribution in [0.4, 0.5) is 0 Å². The number of aromatic nitrogens is 1. The van der Waals surface area contributed by atoms with Crippen LogP contribution in [0, 0.1) is 0 Å². The van der Waals surface area contributed by atoms with Crippen molar-refractivity contribution in [3.63, 3.8) is 0 Å². The zero-order chi connectivity index (χ0) is 12.6. The number of aromatic hydroxyl groups is 1. The molecule has 0 saturated carbocycles. The second-order valence-electron chi connectivity index (χ2n) is 4.90. The molecule has 0 amide bonds. The number of aliphatic hydroxyl groups excluding tert-OH is 1. The third kappa shape index (κ3) is 2.29. The lowest BCUT2D eigenvalue weighted by Gasteiger charge is -2.15. The molecular formula is C14H19NO2. The molecule has 1 aromatic heterocycles. The molecule has 1 heterocycles. The summed E-state index contributed by atoms with van der Waals surface area (Å²) in [5.74, 6) is 0.280. The fourth-order valence-corrected chi connectivity index (χ4v) is 2.35. The molecule has 2 aromatic rings. The van der Waals surface area contributed by atoms with E-state index in [1.807, 2.05) is 12.1 Å². The smallest absolute Gasteiger partial charge is 0.116 e. The van der Waals surface area contributed by atoms with Crippen LogP contribution in [0.1, 0.15) is 32.5 Å². The Balaban J connectivity index is 2.61. The second kappa shape index (κ2) is 4.41. The summed E-state index contributed by atoms with van der Waals surface area (Å²) < 4.78 is 2.21. The van der Waals surface area contributed by atoms with E-state index in [1.54, 1.807) is 19.1 Å². The van der Waals surface area contributed by atoms with Gasteiger partial charge in [0.1, 0.15) is 5.75 Å². The quantitative estimate of drug-likeness (QED) is 0.856. The first kappa shape index (κ1) is 12.0. The van der Waals surface area contributed by atoms with Gasteiger partial charge in [0.05, 0.1) is 6.10 Å². The van der Waals surface area contributed by atoms with Crippen molar-refractivity contribution in [1.82, 2.24) is 4.57 Å². The lowest BCUT2D eigenvalue weighted by atomic mass is 10.2. The Hall–Kier alpha value is -1.48. The van der Waals surface area contributed by atoms with Gasteiger partial charge in [-0.05, 0) is 45.0 Å². The monoisotopic (exact) mass is 233 g/mol. The summed E-state index contributed by atoms with van der Waals surface area (Å²) in [5, 5.41) is 20.0. The predicted molar refractivity (Wildman–Crippen MR) is 69.4 cm³/mol. The minimum atomic E-state index is -0.356. The van der Waals surface area contributed by atoms with E-state index in [2.05, 4.69) is 18.4 Å². The molecule has 0 aliphatic rings. The summed E-state index contributed by atoms with van der Waals surface area (Å²) >= 11 is 0. The molecule has 0 aliphatic heterocycles. The van der Waals surface area contributed by atoms with Gasteiger partial charge in [-0.15, -0.1) is 0 Å². The van der Waals surface area contributed by atoms with Crippen LogP contribution in [0.15, 0.2) is 24.3 Å². The van der Waals surface area contributed by atoms with E-state index in [0.29, 0.717) is 12.5 Å². The third-order valence-corrected chi connectivity index (χ3v) is 2.92. The van der Waals surface area contributed by atoms with Crippen LogP contribution < -0.4 is 0 Å². The molecule has 3 nitrogen and oxygen atoms in total. The molecule has 17 heavy (non-hydrogen) atoms. The van der Waals surface area contributed by atoms with Crippen molar-refractivity contribution in [3.05, 3.63) is 30.0 Å². The highest BCUT2D eigenvalue weighted by atomic mass is 16.3. The van der Waals surface area contributed by atoms with E-state index in [1.165, 1.54) is 0 Å². The molecule has 1 unspecified atom stereocenters. The molecule has 1 aromatic carbocycles. The van der Waals surface area contributed by atoms with Crippen LogP contribution in [0.3, 0.4) is 0 Å². The van der Waals surface area contributed by atoms with Gasteiger partial charge in [0.15, 0.2) is 0 Å². The number of hydrogen-bond donors (Lipinski definition) is 2. The third-order valence-electron chi connectivity index (χ3n) is 2.92. The van der Waals surface area contributed by atoms with E-state index >= 15 is 0 Å². The summed E-state index contributed by atoms with van der Waals surface area (Å²) in [5.41, 5.74) is 2.21. The lowest BCUT2D eigenvalue weighted by Crippen LogP contribution is -2.11. The minimum absolute atomic E-state index is 0.280. The Morgan fingerprint density at radius 2 is 1.88 bits per heavy atom. The molecule has 0 spiro atoms. The Kier molecular flexibility index (Phi) is 3.11. The molecule has 0 aliphatic carbocycles. The highest BCUT2D eigenvalue weighted by molar-refractivity contribution is 5.83. The Bertz CT molecular complexity index is 526. The van der Waals surface area contributed by atoms with E-state index in [9.17, 15) is 10.2 Å². The van der Waals surface area contributed by atoms with E-state index in [0.717, 1.165) is 16.6 Å². The van der Waals surface area contributed by atoms with Crippen LogP contribution in [0.25, 0.3) is 10.9 Å². The number of rotatable bonds is 3. The van der Waals surface area contributed by atoms with Crippen LogP contribution in [-0.4, -0.2) is 20.9 Å². The van der Waals surface area contributed by atoms with Gasteiger partial charge in [0.2, 0.25) is 0 Å². The van der Waals surface area contributed by atoms with Crippen molar-refractivity contribution in [3.8, 4) is 5.75 Å². The summed E-state index contributed by atoms with van der Waals surface area (Å²) in [4.78, 5) is 0. The van der Waals surface area contributed by atoms with Gasteiger partial charge in [-0.25, -0.2) is 0 Å². The Morgan fingerprint density at radius 3 is 2.47 bits per heavy atom. The zero-order valence-corrected chi connectivity index (χ0v) is 10.5. The summed E-state index contributed by atoms with van der Waals surface area (Å²) in [6.45, 7) is 6.04. The Morgan fingerprint density at radius 1 is 1.18 bits per heavy atom. The molecule has 2 rings (SSSR count). The maximum absolute atomic E-state index is 9.53. The van der Waals surface area contributed by atoms with Gasteiger partial charge in [-0.2, -0.15) is 0 Å². The first-order valence-electron chi connectivity index (χ1n) is 6.00. The average Bonchev–Trinajstić information content (AvgIpc) is 2.53. The van der Waals surface area contributed by atoms with Gasteiger partial charge in [0, 0.05) is 29.1 Å². The first-order valence-corrected chi connectivity index (χ1v) is 6.00. The lowest BCUT2D eigenvalue weighted by molar-refractivity contribution is 0.192. The van der Waals surface area contributed by atoms with Crippen LogP contribution >= 0.6 is 0 Å². The first-order chi connectivity index (χ1) is 7.99. The number of nitrogens with zero attached hydrogens (tertiary/aromatic N) is 1. The average molecular weight is 233 g/mol. The Labute approximate surface area is 101 Å². The van der Waals surface area contributed by atoms with E-state index < -0.39 is 0 Å². The van der Waals surface area contributed by atoms with E-state index in [-0.39, 0.29) is 11.9 Å².